The Bertz CT molecular complexity index is 599. The van der Waals surface area contributed by atoms with Crippen molar-refractivity contribution in [3.8, 4) is 5.75 Å². The van der Waals surface area contributed by atoms with Gasteiger partial charge in [0.25, 0.3) is 0 Å². The van der Waals surface area contributed by atoms with Crippen LogP contribution in [-0.2, 0) is 10.0 Å². The van der Waals surface area contributed by atoms with Crippen molar-refractivity contribution in [2.75, 3.05) is 19.4 Å². The quantitative estimate of drug-likeness (QED) is 0.868. The molecule has 0 amide bonds. The molecule has 5 nitrogen and oxygen atoms in total. The van der Waals surface area contributed by atoms with E-state index in [1.54, 1.807) is 0 Å². The van der Waals surface area contributed by atoms with E-state index in [2.05, 4.69) is 23.0 Å². The second kappa shape index (κ2) is 5.94. The fourth-order valence-electron chi connectivity index (χ4n) is 2.71. The first-order valence-corrected chi connectivity index (χ1v) is 9.01. The summed E-state index contributed by atoms with van der Waals surface area (Å²) < 4.78 is 31.2. The standard InChI is InChI=1S/C15H24N2O3S/c1-11-9-20-13-8-6-5-7-12(13)14(11)16-10-15(2,3)17-21(4,18)19/h5-8,11,14,16-17H,9-10H2,1-4H3. The highest BCUT2D eigenvalue weighted by Crippen LogP contribution is 2.35. The first-order valence-electron chi connectivity index (χ1n) is 7.12. The summed E-state index contributed by atoms with van der Waals surface area (Å²) in [5.41, 5.74) is 0.590. The van der Waals surface area contributed by atoms with Gasteiger partial charge in [0.1, 0.15) is 5.75 Å². The largest absolute Gasteiger partial charge is 0.493 e. The van der Waals surface area contributed by atoms with Crippen LogP contribution in [0, 0.1) is 5.92 Å². The first kappa shape index (κ1) is 16.3. The van der Waals surface area contributed by atoms with Crippen LogP contribution in [0.15, 0.2) is 24.3 Å². The number of fused-ring (bicyclic) bond motifs is 1. The van der Waals surface area contributed by atoms with Crippen LogP contribution >= 0.6 is 0 Å². The van der Waals surface area contributed by atoms with Crippen molar-refractivity contribution in [3.05, 3.63) is 29.8 Å². The normalized spacial score (nSPS) is 22.5. The van der Waals surface area contributed by atoms with Crippen LogP contribution in [0.3, 0.4) is 0 Å². The van der Waals surface area contributed by atoms with Crippen LogP contribution in [0.2, 0.25) is 0 Å². The lowest BCUT2D eigenvalue weighted by atomic mass is 9.91. The minimum Gasteiger partial charge on any atom is -0.493 e. The van der Waals surface area contributed by atoms with Gasteiger partial charge in [-0.15, -0.1) is 0 Å². The smallest absolute Gasteiger partial charge is 0.209 e. The molecule has 1 aliphatic heterocycles. The van der Waals surface area contributed by atoms with Gasteiger partial charge in [-0.1, -0.05) is 25.1 Å². The molecule has 1 aliphatic rings. The molecule has 1 aromatic rings. The van der Waals surface area contributed by atoms with E-state index in [0.717, 1.165) is 11.3 Å². The van der Waals surface area contributed by atoms with Crippen LogP contribution in [-0.4, -0.2) is 33.4 Å². The Morgan fingerprint density at radius 2 is 2.00 bits per heavy atom. The SMILES string of the molecule is CC1COc2ccccc2C1NCC(C)(C)NS(C)(=O)=O. The molecule has 2 rings (SSSR count). The maximum absolute atomic E-state index is 11.4. The monoisotopic (exact) mass is 312 g/mol. The van der Waals surface area contributed by atoms with E-state index in [1.807, 2.05) is 32.0 Å². The van der Waals surface area contributed by atoms with Gasteiger partial charge < -0.3 is 10.1 Å². The van der Waals surface area contributed by atoms with Crippen molar-refractivity contribution >= 4 is 10.0 Å². The predicted octanol–water partition coefficient (Wildman–Crippen LogP) is 1.67. The Labute approximate surface area is 127 Å². The van der Waals surface area contributed by atoms with Gasteiger partial charge in [0.2, 0.25) is 10.0 Å². The van der Waals surface area contributed by atoms with Gasteiger partial charge in [-0.2, -0.15) is 0 Å². The van der Waals surface area contributed by atoms with Gasteiger partial charge in [0.05, 0.1) is 12.9 Å². The van der Waals surface area contributed by atoms with Crippen molar-refractivity contribution in [3.63, 3.8) is 0 Å². The Balaban J connectivity index is 2.09. The molecule has 6 heteroatoms. The van der Waals surface area contributed by atoms with E-state index in [-0.39, 0.29) is 6.04 Å². The zero-order valence-electron chi connectivity index (χ0n) is 13.0. The molecule has 0 spiro atoms. The van der Waals surface area contributed by atoms with E-state index in [9.17, 15) is 8.42 Å². The third-order valence-electron chi connectivity index (χ3n) is 3.55. The van der Waals surface area contributed by atoms with Gasteiger partial charge in [0, 0.05) is 29.6 Å². The van der Waals surface area contributed by atoms with E-state index in [0.29, 0.717) is 19.1 Å². The molecular formula is C15H24N2O3S. The van der Waals surface area contributed by atoms with Crippen LogP contribution in [0.1, 0.15) is 32.4 Å². The topological polar surface area (TPSA) is 67.4 Å². The lowest BCUT2D eigenvalue weighted by molar-refractivity contribution is 0.183. The molecule has 2 atom stereocenters. The van der Waals surface area contributed by atoms with Crippen molar-refractivity contribution in [2.24, 2.45) is 5.92 Å². The third-order valence-corrected chi connectivity index (χ3v) is 4.47. The van der Waals surface area contributed by atoms with E-state index in [4.69, 9.17) is 4.74 Å². The van der Waals surface area contributed by atoms with Gasteiger partial charge in [-0.05, 0) is 19.9 Å². The molecule has 0 saturated heterocycles. The number of benzene rings is 1. The van der Waals surface area contributed by atoms with Crippen LogP contribution in [0.5, 0.6) is 5.75 Å². The van der Waals surface area contributed by atoms with Crippen molar-refractivity contribution < 1.29 is 13.2 Å². The minimum atomic E-state index is -3.22. The zero-order chi connectivity index (χ0) is 15.7. The number of hydrogen-bond donors (Lipinski definition) is 2. The summed E-state index contributed by atoms with van der Waals surface area (Å²) in [6.45, 7) is 7.08. The number of para-hydroxylation sites is 1. The number of ether oxygens (including phenoxy) is 1. The Morgan fingerprint density at radius 1 is 1.33 bits per heavy atom. The van der Waals surface area contributed by atoms with Gasteiger partial charge in [-0.25, -0.2) is 13.1 Å². The molecule has 1 aromatic carbocycles. The van der Waals surface area contributed by atoms with Crippen LogP contribution < -0.4 is 14.8 Å². The molecule has 21 heavy (non-hydrogen) atoms. The Morgan fingerprint density at radius 3 is 2.67 bits per heavy atom. The highest BCUT2D eigenvalue weighted by molar-refractivity contribution is 7.88. The van der Waals surface area contributed by atoms with Crippen LogP contribution in [0.4, 0.5) is 0 Å². The molecule has 0 aromatic heterocycles. The molecule has 2 N–H and O–H groups in total. The van der Waals surface area contributed by atoms with Crippen LogP contribution in [0.25, 0.3) is 0 Å². The molecule has 2 unspecified atom stereocenters. The van der Waals surface area contributed by atoms with Crippen molar-refractivity contribution in [1.82, 2.24) is 10.0 Å². The van der Waals surface area contributed by atoms with Gasteiger partial charge in [0.15, 0.2) is 0 Å². The van der Waals surface area contributed by atoms with E-state index < -0.39 is 15.6 Å². The van der Waals surface area contributed by atoms with Gasteiger partial charge in [-0.3, -0.25) is 0 Å². The summed E-state index contributed by atoms with van der Waals surface area (Å²) in [5, 5.41) is 3.48. The predicted molar refractivity (Wildman–Crippen MR) is 83.9 cm³/mol. The number of rotatable bonds is 5. The fraction of sp³-hybridized carbons (Fsp3) is 0.600. The lowest BCUT2D eigenvalue weighted by Crippen LogP contribution is -2.51. The average molecular weight is 312 g/mol. The number of sulfonamides is 1. The van der Waals surface area contributed by atoms with Gasteiger partial charge >= 0.3 is 0 Å². The molecule has 1 heterocycles. The molecule has 0 saturated carbocycles. The summed E-state index contributed by atoms with van der Waals surface area (Å²) in [7, 11) is -3.22. The number of hydrogen-bond acceptors (Lipinski definition) is 4. The van der Waals surface area contributed by atoms with Crippen molar-refractivity contribution in [1.29, 1.82) is 0 Å². The molecule has 0 bridgehead atoms. The molecule has 0 radical (unpaired) electrons. The maximum Gasteiger partial charge on any atom is 0.209 e. The molecule has 0 fully saturated rings. The highest BCUT2D eigenvalue weighted by Gasteiger charge is 2.30. The second-order valence-electron chi connectivity index (χ2n) is 6.44. The van der Waals surface area contributed by atoms with E-state index >= 15 is 0 Å². The molecular weight excluding hydrogens is 288 g/mol. The lowest BCUT2D eigenvalue weighted by Gasteiger charge is -2.35. The first-order chi connectivity index (χ1) is 9.68. The summed E-state index contributed by atoms with van der Waals surface area (Å²) in [5.74, 6) is 1.23. The van der Waals surface area contributed by atoms with E-state index in [1.165, 1.54) is 6.26 Å². The fourth-order valence-corrected chi connectivity index (χ4v) is 3.78. The molecule has 0 aliphatic carbocycles. The average Bonchev–Trinajstić information content (AvgIpc) is 2.34. The Kier molecular flexibility index (Phi) is 4.60. The molecule has 118 valence electrons. The number of nitrogens with one attached hydrogen (secondary N) is 2. The summed E-state index contributed by atoms with van der Waals surface area (Å²) in [4.78, 5) is 0. The minimum absolute atomic E-state index is 0.163. The highest BCUT2D eigenvalue weighted by atomic mass is 32.2. The summed E-state index contributed by atoms with van der Waals surface area (Å²) >= 11 is 0. The Hall–Kier alpha value is -1.11. The third kappa shape index (κ3) is 4.43. The van der Waals surface area contributed by atoms with Crippen molar-refractivity contribution in [2.45, 2.75) is 32.4 Å². The summed E-state index contributed by atoms with van der Waals surface area (Å²) in [6, 6.07) is 8.14. The maximum atomic E-state index is 11.4. The second-order valence-corrected chi connectivity index (χ2v) is 8.19. The summed E-state index contributed by atoms with van der Waals surface area (Å²) in [6.07, 6.45) is 1.18. The zero-order valence-corrected chi connectivity index (χ0v) is 13.8.